The van der Waals surface area contributed by atoms with Gasteiger partial charge in [-0.15, -0.1) is 0 Å². The molecule has 1 heterocycles. The zero-order valence-electron chi connectivity index (χ0n) is 9.38. The van der Waals surface area contributed by atoms with E-state index in [1.165, 1.54) is 12.8 Å². The van der Waals surface area contributed by atoms with Gasteiger partial charge in [-0.25, -0.2) is 0 Å². The number of esters is 1. The summed E-state index contributed by atoms with van der Waals surface area (Å²) < 4.78 is 5.46. The predicted octanol–water partition coefficient (Wildman–Crippen LogP) is 2.76. The highest BCUT2D eigenvalue weighted by Crippen LogP contribution is 2.46. The summed E-state index contributed by atoms with van der Waals surface area (Å²) in [5.41, 5.74) is 0.153. The third-order valence-electron chi connectivity index (χ3n) is 3.94. The average Bonchev–Trinajstić information content (AvgIpc) is 2.00. The molecule has 2 heteroatoms. The van der Waals surface area contributed by atoms with Crippen LogP contribution in [0.1, 0.15) is 46.5 Å². The maximum atomic E-state index is 11.4. The molecule has 14 heavy (non-hydrogen) atoms. The van der Waals surface area contributed by atoms with E-state index in [1.54, 1.807) is 0 Å². The predicted molar refractivity (Wildman–Crippen MR) is 54.8 cm³/mol. The zero-order valence-corrected chi connectivity index (χ0v) is 9.38. The molecule has 0 aromatic heterocycles. The Morgan fingerprint density at radius 3 is 2.79 bits per heavy atom. The second kappa shape index (κ2) is 3.25. The van der Waals surface area contributed by atoms with Crippen LogP contribution < -0.4 is 0 Å². The van der Waals surface area contributed by atoms with Crippen molar-refractivity contribution >= 4 is 5.97 Å². The zero-order chi connectivity index (χ0) is 10.3. The summed E-state index contributed by atoms with van der Waals surface area (Å²) in [7, 11) is 0. The number of carbonyl (C=O) groups excluding carboxylic acids is 1. The Morgan fingerprint density at radius 2 is 2.07 bits per heavy atom. The van der Waals surface area contributed by atoms with Crippen LogP contribution in [0.15, 0.2) is 0 Å². The van der Waals surface area contributed by atoms with Gasteiger partial charge in [-0.1, -0.05) is 27.2 Å². The van der Waals surface area contributed by atoms with Crippen molar-refractivity contribution < 1.29 is 9.53 Å². The van der Waals surface area contributed by atoms with Crippen molar-refractivity contribution in [1.82, 2.24) is 0 Å². The van der Waals surface area contributed by atoms with E-state index in [9.17, 15) is 4.79 Å². The number of fused-ring (bicyclic) bond motifs is 1. The standard InChI is InChI=1S/C12H20O2/c1-8-4-5-9-10(6-8)14-11(13)7-12(9,2)3/h8-10H,4-7H2,1-3H3/t8-,9-,10-/m0/s1. The summed E-state index contributed by atoms with van der Waals surface area (Å²) in [5.74, 6) is 1.32. The highest BCUT2D eigenvalue weighted by molar-refractivity contribution is 5.71. The number of hydrogen-bond donors (Lipinski definition) is 0. The van der Waals surface area contributed by atoms with Crippen molar-refractivity contribution in [2.24, 2.45) is 17.3 Å². The highest BCUT2D eigenvalue weighted by Gasteiger charge is 2.45. The fraction of sp³-hybridized carbons (Fsp3) is 0.917. The molecule has 1 saturated heterocycles. The van der Waals surface area contributed by atoms with Gasteiger partial charge in [0.05, 0.1) is 6.42 Å². The molecule has 2 fully saturated rings. The topological polar surface area (TPSA) is 26.3 Å². The Morgan fingerprint density at radius 1 is 1.36 bits per heavy atom. The minimum atomic E-state index is 0.00495. The van der Waals surface area contributed by atoms with Crippen molar-refractivity contribution in [1.29, 1.82) is 0 Å². The molecule has 1 aliphatic carbocycles. The van der Waals surface area contributed by atoms with Crippen LogP contribution in [0.4, 0.5) is 0 Å². The molecule has 1 aliphatic heterocycles. The molecule has 0 radical (unpaired) electrons. The van der Waals surface area contributed by atoms with Crippen LogP contribution in [-0.4, -0.2) is 12.1 Å². The molecule has 1 saturated carbocycles. The van der Waals surface area contributed by atoms with Gasteiger partial charge < -0.3 is 4.74 Å². The Balaban J connectivity index is 2.16. The van der Waals surface area contributed by atoms with Crippen LogP contribution in [0.3, 0.4) is 0 Å². The third kappa shape index (κ3) is 1.67. The van der Waals surface area contributed by atoms with Gasteiger partial charge in [0.25, 0.3) is 0 Å². The van der Waals surface area contributed by atoms with E-state index in [4.69, 9.17) is 4.74 Å². The Kier molecular flexibility index (Phi) is 2.32. The highest BCUT2D eigenvalue weighted by atomic mass is 16.5. The summed E-state index contributed by atoms with van der Waals surface area (Å²) in [6.07, 6.45) is 4.39. The van der Waals surface area contributed by atoms with Crippen LogP contribution in [0, 0.1) is 17.3 Å². The minimum absolute atomic E-state index is 0.00495. The van der Waals surface area contributed by atoms with E-state index in [1.807, 2.05) is 0 Å². The second-order valence-electron chi connectivity index (χ2n) is 5.72. The summed E-state index contributed by atoms with van der Waals surface area (Å²) in [6, 6.07) is 0. The van der Waals surface area contributed by atoms with Crippen LogP contribution in [0.25, 0.3) is 0 Å². The van der Waals surface area contributed by atoms with E-state index in [0.717, 1.165) is 12.3 Å². The van der Waals surface area contributed by atoms with Gasteiger partial charge in [-0.2, -0.15) is 0 Å². The van der Waals surface area contributed by atoms with Crippen molar-refractivity contribution in [3.63, 3.8) is 0 Å². The van der Waals surface area contributed by atoms with Gasteiger partial charge in [-0.05, 0) is 24.2 Å². The SMILES string of the molecule is C[C@H]1CC[C@H]2[C@H](C1)OC(=O)CC2(C)C. The fourth-order valence-corrected chi connectivity index (χ4v) is 3.07. The first kappa shape index (κ1) is 10.0. The molecule has 2 nitrogen and oxygen atoms in total. The number of rotatable bonds is 0. The summed E-state index contributed by atoms with van der Waals surface area (Å²) in [4.78, 5) is 11.4. The van der Waals surface area contributed by atoms with E-state index >= 15 is 0 Å². The quantitative estimate of drug-likeness (QED) is 0.557. The Bertz CT molecular complexity index is 245. The van der Waals surface area contributed by atoms with E-state index < -0.39 is 0 Å². The lowest BCUT2D eigenvalue weighted by Crippen LogP contribution is -2.46. The molecular formula is C12H20O2. The van der Waals surface area contributed by atoms with E-state index in [2.05, 4.69) is 20.8 Å². The second-order valence-corrected chi connectivity index (χ2v) is 5.72. The minimum Gasteiger partial charge on any atom is -0.462 e. The third-order valence-corrected chi connectivity index (χ3v) is 3.94. The Labute approximate surface area is 86.0 Å². The molecule has 0 N–H and O–H groups in total. The molecule has 0 amide bonds. The molecule has 2 aliphatic rings. The molecule has 0 aromatic rings. The molecule has 80 valence electrons. The summed E-state index contributed by atoms with van der Waals surface area (Å²) in [5, 5.41) is 0. The first-order valence-electron chi connectivity index (χ1n) is 5.68. The first-order chi connectivity index (χ1) is 6.49. The van der Waals surface area contributed by atoms with Gasteiger partial charge >= 0.3 is 5.97 Å². The monoisotopic (exact) mass is 196 g/mol. The van der Waals surface area contributed by atoms with Crippen LogP contribution in [-0.2, 0) is 9.53 Å². The van der Waals surface area contributed by atoms with Gasteiger partial charge in [0.1, 0.15) is 6.10 Å². The van der Waals surface area contributed by atoms with Gasteiger partial charge in [0.2, 0.25) is 0 Å². The smallest absolute Gasteiger partial charge is 0.306 e. The Hall–Kier alpha value is -0.530. The number of ether oxygens (including phenoxy) is 1. The molecule has 0 spiro atoms. The van der Waals surface area contributed by atoms with Crippen molar-refractivity contribution in [3.8, 4) is 0 Å². The van der Waals surface area contributed by atoms with Gasteiger partial charge in [0, 0.05) is 5.92 Å². The van der Waals surface area contributed by atoms with Crippen molar-refractivity contribution in [2.45, 2.75) is 52.6 Å². The maximum absolute atomic E-state index is 11.4. The molecule has 2 rings (SSSR count). The molecule has 3 atom stereocenters. The van der Waals surface area contributed by atoms with Crippen LogP contribution in [0.5, 0.6) is 0 Å². The number of carbonyl (C=O) groups is 1. The summed E-state index contributed by atoms with van der Waals surface area (Å²) >= 11 is 0. The van der Waals surface area contributed by atoms with Gasteiger partial charge in [-0.3, -0.25) is 4.79 Å². The summed E-state index contributed by atoms with van der Waals surface area (Å²) in [6.45, 7) is 6.67. The van der Waals surface area contributed by atoms with Crippen LogP contribution in [0.2, 0.25) is 0 Å². The van der Waals surface area contributed by atoms with Crippen molar-refractivity contribution in [3.05, 3.63) is 0 Å². The maximum Gasteiger partial charge on any atom is 0.306 e. The van der Waals surface area contributed by atoms with Crippen LogP contribution >= 0.6 is 0 Å². The van der Waals surface area contributed by atoms with E-state index in [-0.39, 0.29) is 17.5 Å². The van der Waals surface area contributed by atoms with Gasteiger partial charge in [0.15, 0.2) is 0 Å². The molecule has 0 unspecified atom stereocenters. The van der Waals surface area contributed by atoms with Crippen molar-refractivity contribution in [2.75, 3.05) is 0 Å². The molecule has 0 bridgehead atoms. The van der Waals surface area contributed by atoms with E-state index in [0.29, 0.717) is 12.3 Å². The lowest BCUT2D eigenvalue weighted by molar-refractivity contribution is -0.174. The first-order valence-corrected chi connectivity index (χ1v) is 5.68. The number of hydrogen-bond acceptors (Lipinski definition) is 2. The molecular weight excluding hydrogens is 176 g/mol. The normalized spacial score (nSPS) is 41.4. The lowest BCUT2D eigenvalue weighted by atomic mass is 9.65. The fourth-order valence-electron chi connectivity index (χ4n) is 3.07. The largest absolute Gasteiger partial charge is 0.462 e. The average molecular weight is 196 g/mol. The lowest BCUT2D eigenvalue weighted by Gasteiger charge is -2.46. The molecule has 0 aromatic carbocycles.